The van der Waals surface area contributed by atoms with Gasteiger partial charge in [0.1, 0.15) is 11.6 Å². The number of aromatic hydroxyl groups is 1. The molecule has 0 spiro atoms. The zero-order valence-electron chi connectivity index (χ0n) is 11.8. The molecule has 0 fully saturated rings. The zero-order valence-corrected chi connectivity index (χ0v) is 11.8. The van der Waals surface area contributed by atoms with Gasteiger partial charge in [-0.25, -0.2) is 4.39 Å². The molecule has 0 radical (unpaired) electrons. The molecule has 20 heavy (non-hydrogen) atoms. The Labute approximate surface area is 117 Å². The molecule has 2 aromatic carbocycles. The molecular formula is C16H17FO3. The Kier molecular flexibility index (Phi) is 3.93. The van der Waals surface area contributed by atoms with E-state index in [-0.39, 0.29) is 29.9 Å². The minimum absolute atomic E-state index is 0.0491. The van der Waals surface area contributed by atoms with Gasteiger partial charge in [0.25, 0.3) is 0 Å². The van der Waals surface area contributed by atoms with Gasteiger partial charge in [0, 0.05) is 16.3 Å². The monoisotopic (exact) mass is 276 g/mol. The molecule has 0 bridgehead atoms. The highest BCUT2D eigenvalue weighted by Gasteiger charge is 2.19. The van der Waals surface area contributed by atoms with Gasteiger partial charge >= 0.3 is 5.97 Å². The summed E-state index contributed by atoms with van der Waals surface area (Å²) in [5.41, 5.74) is 1.49. The van der Waals surface area contributed by atoms with Gasteiger partial charge in [-0.3, -0.25) is 4.79 Å². The number of halogens is 1. The van der Waals surface area contributed by atoms with E-state index in [1.807, 2.05) is 6.92 Å². The average molecular weight is 276 g/mol. The first-order valence-electron chi connectivity index (χ1n) is 6.51. The Hall–Kier alpha value is -2.10. The lowest BCUT2D eigenvalue weighted by Gasteiger charge is -2.13. The normalized spacial score (nSPS) is 10.8. The largest absolute Gasteiger partial charge is 0.507 e. The van der Waals surface area contributed by atoms with E-state index in [9.17, 15) is 14.3 Å². The van der Waals surface area contributed by atoms with Crippen LogP contribution in [0.4, 0.5) is 4.39 Å². The molecule has 2 rings (SSSR count). The van der Waals surface area contributed by atoms with Crippen LogP contribution in [0.15, 0.2) is 18.2 Å². The second-order valence-electron chi connectivity index (χ2n) is 4.80. The van der Waals surface area contributed by atoms with Gasteiger partial charge in [0.05, 0.1) is 13.0 Å². The number of hydrogen-bond donors (Lipinski definition) is 1. The van der Waals surface area contributed by atoms with E-state index < -0.39 is 11.8 Å². The van der Waals surface area contributed by atoms with Gasteiger partial charge in [-0.15, -0.1) is 0 Å². The molecule has 106 valence electrons. The van der Waals surface area contributed by atoms with Crippen LogP contribution in [0.1, 0.15) is 23.6 Å². The predicted molar refractivity (Wildman–Crippen MR) is 75.4 cm³/mol. The number of hydrogen-bond acceptors (Lipinski definition) is 3. The molecule has 0 saturated carbocycles. The van der Waals surface area contributed by atoms with Crippen LogP contribution in [0.3, 0.4) is 0 Å². The SMILES string of the molecule is CCOC(=O)Cc1c(C)c(F)c2cc(C)ccc2c1O. The number of benzene rings is 2. The number of phenolic OH excluding ortho intramolecular Hbond substituents is 1. The Morgan fingerprint density at radius 2 is 2.00 bits per heavy atom. The summed E-state index contributed by atoms with van der Waals surface area (Å²) in [5, 5.41) is 11.1. The van der Waals surface area contributed by atoms with Crippen molar-refractivity contribution in [3.8, 4) is 5.75 Å². The van der Waals surface area contributed by atoms with Crippen LogP contribution in [-0.4, -0.2) is 17.7 Å². The lowest BCUT2D eigenvalue weighted by molar-refractivity contribution is -0.142. The van der Waals surface area contributed by atoms with Gasteiger partial charge in [0.15, 0.2) is 0 Å². The van der Waals surface area contributed by atoms with Crippen molar-refractivity contribution in [1.82, 2.24) is 0 Å². The van der Waals surface area contributed by atoms with Crippen molar-refractivity contribution in [2.24, 2.45) is 0 Å². The summed E-state index contributed by atoms with van der Waals surface area (Å²) in [4.78, 5) is 11.6. The molecule has 0 aliphatic rings. The molecule has 1 N–H and O–H groups in total. The van der Waals surface area contributed by atoms with Gasteiger partial charge in [-0.05, 0) is 32.4 Å². The van der Waals surface area contributed by atoms with Crippen LogP contribution in [0, 0.1) is 19.7 Å². The Morgan fingerprint density at radius 3 is 2.65 bits per heavy atom. The van der Waals surface area contributed by atoms with E-state index in [2.05, 4.69) is 0 Å². The quantitative estimate of drug-likeness (QED) is 0.874. The fourth-order valence-corrected chi connectivity index (χ4v) is 2.29. The summed E-state index contributed by atoms with van der Waals surface area (Å²) in [6.07, 6.45) is -0.133. The molecule has 4 heteroatoms. The maximum atomic E-state index is 14.4. The summed E-state index contributed by atoms with van der Waals surface area (Å²) >= 11 is 0. The molecule has 0 aromatic heterocycles. The van der Waals surface area contributed by atoms with Gasteiger partial charge in [-0.2, -0.15) is 0 Å². The van der Waals surface area contributed by atoms with Crippen molar-refractivity contribution in [2.45, 2.75) is 27.2 Å². The number of rotatable bonds is 3. The molecule has 0 unspecified atom stereocenters. The maximum absolute atomic E-state index is 14.4. The third-order valence-corrected chi connectivity index (χ3v) is 3.36. The lowest BCUT2D eigenvalue weighted by Crippen LogP contribution is -2.09. The molecule has 0 atom stereocenters. The van der Waals surface area contributed by atoms with Crippen molar-refractivity contribution < 1.29 is 19.0 Å². The maximum Gasteiger partial charge on any atom is 0.310 e. The van der Waals surface area contributed by atoms with E-state index in [1.54, 1.807) is 32.0 Å². The van der Waals surface area contributed by atoms with Crippen molar-refractivity contribution >= 4 is 16.7 Å². The number of esters is 1. The van der Waals surface area contributed by atoms with E-state index in [0.717, 1.165) is 5.56 Å². The second kappa shape index (κ2) is 5.49. The highest BCUT2D eigenvalue weighted by molar-refractivity contribution is 5.92. The Balaban J connectivity index is 2.61. The van der Waals surface area contributed by atoms with Crippen LogP contribution in [-0.2, 0) is 16.0 Å². The lowest BCUT2D eigenvalue weighted by atomic mass is 9.96. The first-order chi connectivity index (χ1) is 9.45. The Bertz CT molecular complexity index is 677. The number of ether oxygens (including phenoxy) is 1. The average Bonchev–Trinajstić information content (AvgIpc) is 2.41. The summed E-state index contributed by atoms with van der Waals surface area (Å²) in [5.74, 6) is -0.926. The Morgan fingerprint density at radius 1 is 1.30 bits per heavy atom. The van der Waals surface area contributed by atoms with Crippen LogP contribution < -0.4 is 0 Å². The van der Waals surface area contributed by atoms with E-state index in [1.165, 1.54) is 0 Å². The summed E-state index contributed by atoms with van der Waals surface area (Å²) in [7, 11) is 0. The molecule has 0 heterocycles. The predicted octanol–water partition coefficient (Wildman–Crippen LogP) is 3.41. The minimum atomic E-state index is -0.475. The highest BCUT2D eigenvalue weighted by atomic mass is 19.1. The van der Waals surface area contributed by atoms with Crippen LogP contribution in [0.25, 0.3) is 10.8 Å². The number of carbonyl (C=O) groups excluding carboxylic acids is 1. The number of aryl methyl sites for hydroxylation is 1. The second-order valence-corrected chi connectivity index (χ2v) is 4.80. The minimum Gasteiger partial charge on any atom is -0.507 e. The summed E-state index contributed by atoms with van der Waals surface area (Å²) in [6, 6.07) is 5.15. The van der Waals surface area contributed by atoms with E-state index in [0.29, 0.717) is 10.8 Å². The molecule has 2 aromatic rings. The van der Waals surface area contributed by atoms with Crippen LogP contribution in [0.5, 0.6) is 5.75 Å². The van der Waals surface area contributed by atoms with Gasteiger partial charge < -0.3 is 9.84 Å². The molecule has 3 nitrogen and oxygen atoms in total. The number of fused-ring (bicyclic) bond motifs is 1. The fraction of sp³-hybridized carbons (Fsp3) is 0.312. The highest BCUT2D eigenvalue weighted by Crippen LogP contribution is 2.35. The molecule has 0 aliphatic heterocycles. The van der Waals surface area contributed by atoms with Crippen molar-refractivity contribution in [1.29, 1.82) is 0 Å². The molecule has 0 aliphatic carbocycles. The molecule has 0 amide bonds. The third kappa shape index (κ3) is 2.46. The standard InChI is InChI=1S/C16H17FO3/c1-4-20-14(18)8-12-10(3)15(17)13-7-9(2)5-6-11(13)16(12)19/h5-7,19H,4,8H2,1-3H3. The summed E-state index contributed by atoms with van der Waals surface area (Å²) in [6.45, 7) is 5.38. The summed E-state index contributed by atoms with van der Waals surface area (Å²) < 4.78 is 19.2. The smallest absolute Gasteiger partial charge is 0.310 e. The topological polar surface area (TPSA) is 46.5 Å². The molecular weight excluding hydrogens is 259 g/mol. The van der Waals surface area contributed by atoms with Crippen LogP contribution >= 0.6 is 0 Å². The van der Waals surface area contributed by atoms with Crippen molar-refractivity contribution in [3.05, 3.63) is 40.7 Å². The van der Waals surface area contributed by atoms with Crippen molar-refractivity contribution in [2.75, 3.05) is 6.61 Å². The fourth-order valence-electron chi connectivity index (χ4n) is 2.29. The van der Waals surface area contributed by atoms with Crippen LogP contribution in [0.2, 0.25) is 0 Å². The van der Waals surface area contributed by atoms with Gasteiger partial charge in [-0.1, -0.05) is 17.7 Å². The zero-order chi connectivity index (χ0) is 14.9. The van der Waals surface area contributed by atoms with E-state index >= 15 is 0 Å². The van der Waals surface area contributed by atoms with E-state index in [4.69, 9.17) is 4.74 Å². The van der Waals surface area contributed by atoms with Gasteiger partial charge in [0.2, 0.25) is 0 Å². The first-order valence-corrected chi connectivity index (χ1v) is 6.51. The number of carbonyl (C=O) groups is 1. The number of phenols is 1. The van der Waals surface area contributed by atoms with Crippen molar-refractivity contribution in [3.63, 3.8) is 0 Å². The molecule has 0 saturated heterocycles. The first kappa shape index (κ1) is 14.3. The third-order valence-electron chi connectivity index (χ3n) is 3.36.